The van der Waals surface area contributed by atoms with Gasteiger partial charge in [0.1, 0.15) is 4.53 Å². The fourth-order valence-corrected chi connectivity index (χ4v) is 5.73. The van der Waals surface area contributed by atoms with Gasteiger partial charge in [-0.25, -0.2) is 9.79 Å². The molecule has 0 saturated heterocycles. The van der Waals surface area contributed by atoms with Gasteiger partial charge < -0.3 is 19.5 Å². The SMILES string of the molecule is CCOC(=O)C1=C(C)N=c2s/c(=C3\C(=O)Nc4ccccc43)c(=O)n2[C@H]1c1ccc2c(c1)OCO2. The van der Waals surface area contributed by atoms with Gasteiger partial charge in [-0.3, -0.25) is 14.2 Å². The number of nitrogens with one attached hydrogen (secondary N) is 1. The highest BCUT2D eigenvalue weighted by Gasteiger charge is 2.35. The Hall–Kier alpha value is -4.18. The van der Waals surface area contributed by atoms with Crippen LogP contribution in [0.5, 0.6) is 11.5 Å². The van der Waals surface area contributed by atoms with Crippen molar-refractivity contribution in [2.24, 2.45) is 4.99 Å². The Morgan fingerprint density at radius 2 is 2.00 bits per heavy atom. The number of para-hydroxylation sites is 1. The topological polar surface area (TPSA) is 108 Å². The molecule has 6 rings (SSSR count). The van der Waals surface area contributed by atoms with Crippen LogP contribution in [0.3, 0.4) is 0 Å². The molecule has 10 heteroatoms. The third-order valence-electron chi connectivity index (χ3n) is 6.10. The minimum absolute atomic E-state index is 0.0963. The smallest absolute Gasteiger partial charge is 0.338 e. The number of hydrogen-bond donors (Lipinski definition) is 1. The summed E-state index contributed by atoms with van der Waals surface area (Å²) in [5, 5.41) is 2.81. The maximum Gasteiger partial charge on any atom is 0.338 e. The maximum absolute atomic E-state index is 13.9. The molecule has 1 N–H and O–H groups in total. The van der Waals surface area contributed by atoms with Crippen molar-refractivity contribution in [2.45, 2.75) is 19.9 Å². The average molecular weight is 490 g/mol. The van der Waals surface area contributed by atoms with Crippen molar-refractivity contribution in [3.63, 3.8) is 0 Å². The highest BCUT2D eigenvalue weighted by molar-refractivity contribution is 7.07. The Bertz CT molecular complexity index is 1650. The molecule has 1 aromatic heterocycles. The number of thiazole rings is 1. The number of benzene rings is 2. The van der Waals surface area contributed by atoms with E-state index < -0.39 is 17.6 Å². The molecule has 2 aromatic carbocycles. The molecule has 1 amide bonds. The van der Waals surface area contributed by atoms with Crippen LogP contribution in [-0.4, -0.2) is 29.8 Å². The first-order valence-corrected chi connectivity index (χ1v) is 11.8. The molecule has 3 aromatic rings. The van der Waals surface area contributed by atoms with Crippen molar-refractivity contribution >= 4 is 34.5 Å². The highest BCUT2D eigenvalue weighted by Crippen LogP contribution is 2.38. The standard InChI is InChI=1S/C25H19N3O6S/c1-3-32-24(31)18-12(2)26-25-28(20(18)13-8-9-16-17(10-13)34-11-33-16)23(30)21(35-25)19-14-6-4-5-7-15(14)27-22(19)29/h4-10,20H,3,11H2,1-2H3,(H,27,29)/b21-19-/t20-/m0/s1. The van der Waals surface area contributed by atoms with E-state index in [0.29, 0.717) is 44.4 Å². The number of rotatable bonds is 3. The van der Waals surface area contributed by atoms with Crippen LogP contribution in [0.2, 0.25) is 0 Å². The van der Waals surface area contributed by atoms with Crippen LogP contribution in [0.25, 0.3) is 5.57 Å². The van der Waals surface area contributed by atoms with Gasteiger partial charge in [-0.2, -0.15) is 0 Å². The lowest BCUT2D eigenvalue weighted by atomic mass is 9.95. The Morgan fingerprint density at radius 1 is 1.20 bits per heavy atom. The second-order valence-corrected chi connectivity index (χ2v) is 9.09. The third kappa shape index (κ3) is 3.21. The van der Waals surface area contributed by atoms with Crippen molar-refractivity contribution in [3.05, 3.63) is 84.5 Å². The minimum Gasteiger partial charge on any atom is -0.463 e. The lowest BCUT2D eigenvalue weighted by molar-refractivity contribution is -0.139. The van der Waals surface area contributed by atoms with E-state index in [2.05, 4.69) is 10.3 Å². The number of anilines is 1. The Labute approximate surface area is 202 Å². The Morgan fingerprint density at radius 3 is 2.83 bits per heavy atom. The molecule has 0 unspecified atom stereocenters. The number of amides is 1. The number of carbonyl (C=O) groups is 2. The fourth-order valence-electron chi connectivity index (χ4n) is 4.58. The molecule has 35 heavy (non-hydrogen) atoms. The maximum atomic E-state index is 13.9. The number of allylic oxidation sites excluding steroid dienone is 1. The van der Waals surface area contributed by atoms with E-state index in [-0.39, 0.29) is 29.4 Å². The van der Waals surface area contributed by atoms with Crippen molar-refractivity contribution in [1.82, 2.24) is 4.57 Å². The van der Waals surface area contributed by atoms with Gasteiger partial charge in [0.15, 0.2) is 16.3 Å². The summed E-state index contributed by atoms with van der Waals surface area (Å²) in [7, 11) is 0. The lowest BCUT2D eigenvalue weighted by Crippen LogP contribution is -2.40. The molecule has 176 valence electrons. The zero-order valence-corrected chi connectivity index (χ0v) is 19.6. The first-order valence-electron chi connectivity index (χ1n) is 11.0. The molecule has 0 fully saturated rings. The van der Waals surface area contributed by atoms with E-state index >= 15 is 0 Å². The summed E-state index contributed by atoms with van der Waals surface area (Å²) < 4.78 is 18.0. The molecule has 9 nitrogen and oxygen atoms in total. The van der Waals surface area contributed by atoms with E-state index in [4.69, 9.17) is 14.2 Å². The van der Waals surface area contributed by atoms with Crippen molar-refractivity contribution < 1.29 is 23.8 Å². The first-order chi connectivity index (χ1) is 17.0. The number of carbonyl (C=O) groups excluding carboxylic acids is 2. The van der Waals surface area contributed by atoms with E-state index in [1.165, 1.54) is 4.57 Å². The number of fused-ring (bicyclic) bond motifs is 3. The summed E-state index contributed by atoms with van der Waals surface area (Å²) in [6, 6.07) is 11.7. The summed E-state index contributed by atoms with van der Waals surface area (Å²) >= 11 is 1.12. The summed E-state index contributed by atoms with van der Waals surface area (Å²) in [4.78, 5) is 44.8. The van der Waals surface area contributed by atoms with Crippen molar-refractivity contribution in [3.8, 4) is 11.5 Å². The fraction of sp³-hybridized carbons (Fsp3) is 0.200. The van der Waals surface area contributed by atoms with Gasteiger partial charge in [-0.1, -0.05) is 35.6 Å². The molecule has 0 radical (unpaired) electrons. The van der Waals surface area contributed by atoms with Crippen LogP contribution in [0.1, 0.15) is 31.0 Å². The molecule has 3 aliphatic rings. The lowest BCUT2D eigenvalue weighted by Gasteiger charge is -2.24. The van der Waals surface area contributed by atoms with E-state index in [1.54, 1.807) is 44.2 Å². The van der Waals surface area contributed by atoms with Gasteiger partial charge in [0.05, 0.1) is 29.5 Å². The zero-order valence-electron chi connectivity index (χ0n) is 18.8. The Balaban J connectivity index is 1.64. The summed E-state index contributed by atoms with van der Waals surface area (Å²) in [6.07, 6.45) is 0. The molecule has 1 atom stereocenters. The number of aromatic nitrogens is 1. The van der Waals surface area contributed by atoms with Crippen LogP contribution < -0.4 is 29.7 Å². The quantitative estimate of drug-likeness (QED) is 0.563. The summed E-state index contributed by atoms with van der Waals surface area (Å²) in [5.74, 6) is 0.200. The molecular formula is C25H19N3O6S. The predicted octanol–water partition coefficient (Wildman–Crippen LogP) is 1.85. The van der Waals surface area contributed by atoms with Gasteiger partial charge in [0.2, 0.25) is 6.79 Å². The molecule has 0 saturated carbocycles. The average Bonchev–Trinajstić information content (AvgIpc) is 3.52. The van der Waals surface area contributed by atoms with E-state index in [0.717, 1.165) is 11.3 Å². The van der Waals surface area contributed by atoms with Gasteiger partial charge in [-0.15, -0.1) is 0 Å². The van der Waals surface area contributed by atoms with Gasteiger partial charge in [0, 0.05) is 11.3 Å². The second-order valence-electron chi connectivity index (χ2n) is 8.11. The zero-order chi connectivity index (χ0) is 24.3. The van der Waals surface area contributed by atoms with Crippen molar-refractivity contribution in [2.75, 3.05) is 18.7 Å². The molecular weight excluding hydrogens is 470 g/mol. The Kier molecular flexibility index (Phi) is 4.85. The largest absolute Gasteiger partial charge is 0.463 e. The highest BCUT2D eigenvalue weighted by atomic mass is 32.1. The van der Waals surface area contributed by atoms with Gasteiger partial charge in [-0.05, 0) is 37.6 Å². The van der Waals surface area contributed by atoms with Crippen LogP contribution in [0.4, 0.5) is 5.69 Å². The monoisotopic (exact) mass is 489 g/mol. The second kappa shape index (κ2) is 7.95. The molecule has 4 heterocycles. The molecule has 3 aliphatic heterocycles. The number of hydrogen-bond acceptors (Lipinski definition) is 8. The van der Waals surface area contributed by atoms with Gasteiger partial charge >= 0.3 is 5.97 Å². The van der Waals surface area contributed by atoms with E-state index in [1.807, 2.05) is 12.1 Å². The third-order valence-corrected chi connectivity index (χ3v) is 7.16. The number of ether oxygens (including phenoxy) is 3. The van der Waals surface area contributed by atoms with Gasteiger partial charge in [0.25, 0.3) is 11.5 Å². The van der Waals surface area contributed by atoms with Crippen molar-refractivity contribution in [1.29, 1.82) is 0 Å². The van der Waals surface area contributed by atoms with Crippen LogP contribution in [0.15, 0.2) is 63.5 Å². The molecule has 0 spiro atoms. The predicted molar refractivity (Wildman–Crippen MR) is 127 cm³/mol. The van der Waals surface area contributed by atoms with E-state index in [9.17, 15) is 14.4 Å². The van der Waals surface area contributed by atoms with Crippen LogP contribution in [-0.2, 0) is 14.3 Å². The normalized spacial score (nSPS) is 19.1. The minimum atomic E-state index is -0.811. The number of nitrogens with zero attached hydrogens (tertiary/aromatic N) is 2. The first kappa shape index (κ1) is 21.4. The molecule has 0 aliphatic carbocycles. The molecule has 0 bridgehead atoms. The van der Waals surface area contributed by atoms with Crippen LogP contribution >= 0.6 is 11.3 Å². The summed E-state index contributed by atoms with van der Waals surface area (Å²) in [6.45, 7) is 3.70. The van der Waals surface area contributed by atoms with Crippen LogP contribution in [0, 0.1) is 0 Å². The number of esters is 1. The summed E-state index contributed by atoms with van der Waals surface area (Å²) in [5.41, 5.74) is 2.53.